The van der Waals surface area contributed by atoms with Crippen LogP contribution in [0.3, 0.4) is 0 Å². The zero-order chi connectivity index (χ0) is 14.6. The fraction of sp³-hybridized carbons (Fsp3) is 0.636. The first-order chi connectivity index (χ1) is 9.50. The third kappa shape index (κ3) is 3.56. The maximum absolute atomic E-state index is 12.4. The van der Waals surface area contributed by atoms with Crippen LogP contribution in [0.25, 0.3) is 0 Å². The quantitative estimate of drug-likeness (QED) is 0.748. The first-order valence-corrected chi connectivity index (χ1v) is 7.89. The molecule has 1 aliphatic rings. The maximum Gasteiger partial charge on any atom is 0.305 e. The minimum atomic E-state index is -3.54. The zero-order valence-electron chi connectivity index (χ0n) is 11.0. The Morgan fingerprint density at radius 2 is 2.20 bits per heavy atom. The van der Waals surface area contributed by atoms with E-state index in [1.807, 2.05) is 0 Å². The molecule has 20 heavy (non-hydrogen) atoms. The van der Waals surface area contributed by atoms with Crippen LogP contribution in [-0.2, 0) is 21.4 Å². The van der Waals surface area contributed by atoms with E-state index in [9.17, 15) is 13.2 Å². The first-order valence-electron chi connectivity index (χ1n) is 6.45. The highest BCUT2D eigenvalue weighted by atomic mass is 32.2. The molecule has 1 saturated heterocycles. The van der Waals surface area contributed by atoms with Crippen LogP contribution in [0.4, 0.5) is 0 Å². The number of sulfonamides is 1. The lowest BCUT2D eigenvalue weighted by molar-refractivity contribution is -0.137. The van der Waals surface area contributed by atoms with Crippen molar-refractivity contribution in [1.29, 1.82) is 0 Å². The van der Waals surface area contributed by atoms with Crippen LogP contribution in [-0.4, -0.2) is 59.8 Å². The number of aliphatic carboxylic acids is 1. The molecule has 2 N–H and O–H groups in total. The Balaban J connectivity index is 2.10. The van der Waals surface area contributed by atoms with Gasteiger partial charge in [0, 0.05) is 25.8 Å². The molecule has 0 saturated carbocycles. The molecule has 0 aliphatic carbocycles. The van der Waals surface area contributed by atoms with Crippen LogP contribution in [0.1, 0.15) is 12.8 Å². The van der Waals surface area contributed by atoms with Crippen LogP contribution in [0.15, 0.2) is 17.3 Å². The highest BCUT2D eigenvalue weighted by molar-refractivity contribution is 7.89. The molecule has 0 unspecified atom stereocenters. The molecule has 0 aromatic carbocycles. The number of nitrogens with one attached hydrogen (secondary N) is 1. The van der Waals surface area contributed by atoms with Gasteiger partial charge in [-0.05, 0) is 13.0 Å². The summed E-state index contributed by atoms with van der Waals surface area (Å²) < 4.78 is 27.6. The molecule has 0 amide bonds. The van der Waals surface area contributed by atoms with E-state index in [4.69, 9.17) is 5.11 Å². The highest BCUT2D eigenvalue weighted by Gasteiger charge is 2.26. The number of rotatable bonds is 5. The second kappa shape index (κ2) is 6.33. The molecule has 0 radical (unpaired) electrons. The van der Waals surface area contributed by atoms with Gasteiger partial charge in [0.25, 0.3) is 0 Å². The van der Waals surface area contributed by atoms with Gasteiger partial charge in [-0.15, -0.1) is 0 Å². The van der Waals surface area contributed by atoms with Crippen molar-refractivity contribution in [2.75, 3.05) is 26.2 Å². The Morgan fingerprint density at radius 1 is 1.40 bits per heavy atom. The van der Waals surface area contributed by atoms with Gasteiger partial charge in [-0.3, -0.25) is 9.48 Å². The summed E-state index contributed by atoms with van der Waals surface area (Å²) in [6.45, 7) is 2.51. The van der Waals surface area contributed by atoms with Gasteiger partial charge in [-0.1, -0.05) is 0 Å². The largest absolute Gasteiger partial charge is 0.481 e. The molecule has 1 aromatic heterocycles. The molecule has 112 valence electrons. The minimum Gasteiger partial charge on any atom is -0.481 e. The van der Waals surface area contributed by atoms with Crippen LogP contribution in [0.5, 0.6) is 0 Å². The number of carbonyl (C=O) groups is 1. The van der Waals surface area contributed by atoms with Gasteiger partial charge in [-0.2, -0.15) is 9.40 Å². The normalized spacial score (nSPS) is 17.8. The van der Waals surface area contributed by atoms with Gasteiger partial charge in [0.1, 0.15) is 4.90 Å². The molecule has 2 rings (SSSR count). The van der Waals surface area contributed by atoms with E-state index in [2.05, 4.69) is 10.4 Å². The molecular weight excluding hydrogens is 284 g/mol. The van der Waals surface area contributed by atoms with E-state index in [0.29, 0.717) is 19.6 Å². The highest BCUT2D eigenvalue weighted by Crippen LogP contribution is 2.15. The Bertz CT molecular complexity index is 561. The summed E-state index contributed by atoms with van der Waals surface area (Å²) in [7, 11) is -3.54. The van der Waals surface area contributed by atoms with Crippen molar-refractivity contribution in [3.8, 4) is 0 Å². The van der Waals surface area contributed by atoms with E-state index >= 15 is 0 Å². The molecule has 0 atom stereocenters. The lowest BCUT2D eigenvalue weighted by Crippen LogP contribution is -2.34. The van der Waals surface area contributed by atoms with Gasteiger partial charge < -0.3 is 10.4 Å². The van der Waals surface area contributed by atoms with Crippen molar-refractivity contribution < 1.29 is 18.3 Å². The summed E-state index contributed by atoms with van der Waals surface area (Å²) in [6, 6.07) is 0. The van der Waals surface area contributed by atoms with Crippen molar-refractivity contribution in [2.24, 2.45) is 0 Å². The minimum absolute atomic E-state index is 0.0885. The number of hydrogen-bond acceptors (Lipinski definition) is 5. The Kier molecular flexibility index (Phi) is 4.73. The number of carboxylic acids is 1. The Hall–Kier alpha value is -1.45. The molecular formula is C11H18N4O4S. The molecule has 1 fully saturated rings. The standard InChI is InChI=1S/C11H18N4O4S/c16-11(17)2-6-14-9-10(8-13-14)20(18,19)15-5-1-3-12-4-7-15/h8-9,12H,1-7H2,(H,16,17). The summed E-state index contributed by atoms with van der Waals surface area (Å²) in [4.78, 5) is 10.6. The van der Waals surface area contributed by atoms with E-state index in [-0.39, 0.29) is 17.9 Å². The average molecular weight is 302 g/mol. The van der Waals surface area contributed by atoms with Gasteiger partial charge >= 0.3 is 5.97 Å². The second-order valence-electron chi connectivity index (χ2n) is 4.59. The fourth-order valence-electron chi connectivity index (χ4n) is 2.02. The number of aromatic nitrogens is 2. The van der Waals surface area contributed by atoms with Crippen LogP contribution < -0.4 is 5.32 Å². The summed E-state index contributed by atoms with van der Waals surface area (Å²) in [5.74, 6) is -0.941. The molecule has 2 heterocycles. The van der Waals surface area contributed by atoms with Gasteiger partial charge in [0.05, 0.1) is 19.2 Å². The maximum atomic E-state index is 12.4. The van der Waals surface area contributed by atoms with Crippen molar-refractivity contribution >= 4 is 16.0 Å². The third-order valence-electron chi connectivity index (χ3n) is 3.10. The van der Waals surface area contributed by atoms with Crippen molar-refractivity contribution in [3.05, 3.63) is 12.4 Å². The molecule has 1 aliphatic heterocycles. The van der Waals surface area contributed by atoms with Gasteiger partial charge in [0.15, 0.2) is 0 Å². The number of nitrogens with zero attached hydrogens (tertiary/aromatic N) is 3. The van der Waals surface area contributed by atoms with Crippen molar-refractivity contribution in [1.82, 2.24) is 19.4 Å². The Morgan fingerprint density at radius 3 is 2.95 bits per heavy atom. The lowest BCUT2D eigenvalue weighted by atomic mass is 10.4. The summed E-state index contributed by atoms with van der Waals surface area (Å²) >= 11 is 0. The molecule has 1 aromatic rings. The van der Waals surface area contributed by atoms with Crippen molar-refractivity contribution in [3.63, 3.8) is 0 Å². The smallest absolute Gasteiger partial charge is 0.305 e. The summed E-state index contributed by atoms with van der Waals surface area (Å²) in [5, 5.41) is 15.7. The molecule has 0 spiro atoms. The summed E-state index contributed by atoms with van der Waals surface area (Å²) in [6.07, 6.45) is 3.34. The predicted octanol–water partition coefficient (Wildman–Crippen LogP) is -0.658. The van der Waals surface area contributed by atoms with E-state index in [1.54, 1.807) is 0 Å². The Labute approximate surface area is 117 Å². The topological polar surface area (TPSA) is 105 Å². The van der Waals surface area contributed by atoms with Crippen LogP contribution in [0.2, 0.25) is 0 Å². The number of carboxylic acid groups (broad SMARTS) is 1. The van der Waals surface area contributed by atoms with Crippen LogP contribution in [0, 0.1) is 0 Å². The van der Waals surface area contributed by atoms with E-state index < -0.39 is 16.0 Å². The van der Waals surface area contributed by atoms with E-state index in [1.165, 1.54) is 21.4 Å². The monoisotopic (exact) mass is 302 g/mol. The van der Waals surface area contributed by atoms with Crippen molar-refractivity contribution in [2.45, 2.75) is 24.3 Å². The molecule has 9 heteroatoms. The predicted molar refractivity (Wildman–Crippen MR) is 70.7 cm³/mol. The number of aryl methyl sites for hydroxylation is 1. The molecule has 8 nitrogen and oxygen atoms in total. The lowest BCUT2D eigenvalue weighted by Gasteiger charge is -2.18. The molecule has 0 bridgehead atoms. The zero-order valence-corrected chi connectivity index (χ0v) is 11.8. The van der Waals surface area contributed by atoms with Gasteiger partial charge in [-0.25, -0.2) is 8.42 Å². The average Bonchev–Trinajstić information content (AvgIpc) is 2.70. The number of hydrogen-bond donors (Lipinski definition) is 2. The fourth-order valence-corrected chi connectivity index (χ4v) is 3.46. The third-order valence-corrected chi connectivity index (χ3v) is 4.95. The van der Waals surface area contributed by atoms with Gasteiger partial charge in [0.2, 0.25) is 10.0 Å². The first kappa shape index (κ1) is 14.9. The summed E-state index contributed by atoms with van der Waals surface area (Å²) in [5.41, 5.74) is 0. The second-order valence-corrected chi connectivity index (χ2v) is 6.53. The van der Waals surface area contributed by atoms with E-state index in [0.717, 1.165) is 13.0 Å². The SMILES string of the molecule is O=C(O)CCn1cc(S(=O)(=O)N2CCCNCC2)cn1. The van der Waals surface area contributed by atoms with Crippen LogP contribution >= 0.6 is 0 Å².